The Morgan fingerprint density at radius 3 is 2.89 bits per heavy atom. The summed E-state index contributed by atoms with van der Waals surface area (Å²) in [6.45, 7) is 9.38. The third-order valence-corrected chi connectivity index (χ3v) is 5.08. The van der Waals surface area contributed by atoms with Crippen LogP contribution in [0.1, 0.15) is 46.0 Å². The van der Waals surface area contributed by atoms with Crippen molar-refractivity contribution in [3.05, 3.63) is 0 Å². The van der Waals surface area contributed by atoms with E-state index in [1.165, 1.54) is 62.7 Å². The monoisotopic (exact) mass is 269 g/mol. The van der Waals surface area contributed by atoms with Crippen LogP contribution in [-0.2, 0) is 0 Å². The topological polar surface area (TPSA) is 27.6 Å². The number of likely N-dealkylation sites (tertiary alicyclic amines) is 1. The van der Waals surface area contributed by atoms with Crippen LogP contribution in [0.25, 0.3) is 0 Å². The molecule has 2 rings (SSSR count). The van der Waals surface area contributed by atoms with Crippen molar-refractivity contribution < 1.29 is 0 Å². The van der Waals surface area contributed by atoms with Gasteiger partial charge in [0.25, 0.3) is 0 Å². The zero-order valence-electron chi connectivity index (χ0n) is 11.9. The van der Waals surface area contributed by atoms with Gasteiger partial charge in [0, 0.05) is 17.8 Å². The normalized spacial score (nSPS) is 31.8. The molecule has 1 atom stereocenters. The number of amidine groups is 1. The third kappa shape index (κ3) is 4.16. The molecule has 2 fully saturated rings. The van der Waals surface area contributed by atoms with E-state index in [0.717, 1.165) is 6.54 Å². The molecule has 0 radical (unpaired) electrons. The quantitative estimate of drug-likeness (QED) is 0.778. The molecule has 2 saturated heterocycles. The van der Waals surface area contributed by atoms with Gasteiger partial charge in [0.2, 0.25) is 0 Å². The number of rotatable bonds is 5. The van der Waals surface area contributed by atoms with Crippen LogP contribution in [0, 0.1) is 0 Å². The summed E-state index contributed by atoms with van der Waals surface area (Å²) in [7, 11) is 0. The molecule has 104 valence electrons. The molecule has 0 aromatic heterocycles. The minimum absolute atomic E-state index is 0.277. The second kappa shape index (κ2) is 6.80. The first-order valence-electron chi connectivity index (χ1n) is 7.40. The summed E-state index contributed by atoms with van der Waals surface area (Å²) in [4.78, 5) is 7.30. The molecule has 0 amide bonds. The average molecular weight is 269 g/mol. The second-order valence-electron chi connectivity index (χ2n) is 5.73. The summed E-state index contributed by atoms with van der Waals surface area (Å²) >= 11 is 1.89. The van der Waals surface area contributed by atoms with E-state index in [4.69, 9.17) is 4.99 Å². The Morgan fingerprint density at radius 1 is 1.39 bits per heavy atom. The van der Waals surface area contributed by atoms with E-state index < -0.39 is 0 Å². The van der Waals surface area contributed by atoms with Crippen molar-refractivity contribution >= 4 is 16.9 Å². The van der Waals surface area contributed by atoms with Gasteiger partial charge in [-0.25, -0.2) is 0 Å². The molecular weight excluding hydrogens is 242 g/mol. The Balaban J connectivity index is 1.68. The summed E-state index contributed by atoms with van der Waals surface area (Å²) in [5.41, 5.74) is 0.277. The fraction of sp³-hybridized carbons (Fsp3) is 0.929. The lowest BCUT2D eigenvalue weighted by Gasteiger charge is -2.35. The van der Waals surface area contributed by atoms with Crippen LogP contribution in [0.4, 0.5) is 0 Å². The van der Waals surface area contributed by atoms with Gasteiger partial charge >= 0.3 is 0 Å². The summed E-state index contributed by atoms with van der Waals surface area (Å²) < 4.78 is 0. The lowest BCUT2D eigenvalue weighted by molar-refractivity contribution is 0.336. The van der Waals surface area contributed by atoms with E-state index in [0.29, 0.717) is 0 Å². The molecule has 3 nitrogen and oxygen atoms in total. The van der Waals surface area contributed by atoms with Crippen LogP contribution >= 0.6 is 11.8 Å². The Kier molecular flexibility index (Phi) is 5.37. The van der Waals surface area contributed by atoms with Crippen molar-refractivity contribution in [2.75, 3.05) is 31.9 Å². The molecule has 18 heavy (non-hydrogen) atoms. The third-order valence-electron chi connectivity index (χ3n) is 4.17. The van der Waals surface area contributed by atoms with Gasteiger partial charge in [0.15, 0.2) is 5.17 Å². The molecule has 4 heteroatoms. The summed E-state index contributed by atoms with van der Waals surface area (Å²) in [5, 5.41) is 4.78. The lowest BCUT2D eigenvalue weighted by Crippen LogP contribution is -2.48. The Hall–Kier alpha value is -0.220. The van der Waals surface area contributed by atoms with Crippen LogP contribution in [0.2, 0.25) is 0 Å². The van der Waals surface area contributed by atoms with Gasteiger partial charge in [-0.2, -0.15) is 0 Å². The van der Waals surface area contributed by atoms with Crippen LogP contribution in [0.15, 0.2) is 4.99 Å². The first-order valence-corrected chi connectivity index (χ1v) is 8.38. The summed E-state index contributed by atoms with van der Waals surface area (Å²) in [6.07, 6.45) is 6.41. The highest BCUT2D eigenvalue weighted by Crippen LogP contribution is 2.24. The van der Waals surface area contributed by atoms with Gasteiger partial charge in [-0.15, -0.1) is 0 Å². The molecule has 1 N–H and O–H groups in total. The number of nitrogens with one attached hydrogen (secondary N) is 1. The summed E-state index contributed by atoms with van der Waals surface area (Å²) in [5.74, 6) is 1.21. The highest BCUT2D eigenvalue weighted by molar-refractivity contribution is 8.13. The lowest BCUT2D eigenvalue weighted by atomic mass is 9.96. The molecule has 1 unspecified atom stereocenters. The van der Waals surface area contributed by atoms with E-state index in [2.05, 4.69) is 24.1 Å². The molecule has 2 heterocycles. The van der Waals surface area contributed by atoms with E-state index >= 15 is 0 Å². The molecule has 0 aromatic carbocycles. The number of hydrogen-bond acceptors (Lipinski definition) is 3. The molecular formula is C14H27N3S. The minimum atomic E-state index is 0.277. The van der Waals surface area contributed by atoms with Gasteiger partial charge in [-0.05, 0) is 58.7 Å². The van der Waals surface area contributed by atoms with Crippen LogP contribution < -0.4 is 5.32 Å². The van der Waals surface area contributed by atoms with Crippen LogP contribution in [0.5, 0.6) is 0 Å². The smallest absolute Gasteiger partial charge is 0.156 e. The highest BCUT2D eigenvalue weighted by atomic mass is 32.2. The maximum absolute atomic E-state index is 4.73. The van der Waals surface area contributed by atoms with Gasteiger partial charge in [-0.1, -0.05) is 18.7 Å². The van der Waals surface area contributed by atoms with Crippen molar-refractivity contribution in [2.45, 2.75) is 51.5 Å². The Morgan fingerprint density at radius 2 is 2.17 bits per heavy atom. The van der Waals surface area contributed by atoms with E-state index in [-0.39, 0.29) is 5.54 Å². The van der Waals surface area contributed by atoms with Crippen molar-refractivity contribution in [3.8, 4) is 0 Å². The summed E-state index contributed by atoms with van der Waals surface area (Å²) in [6, 6.07) is 0. The second-order valence-corrected chi connectivity index (χ2v) is 6.81. The van der Waals surface area contributed by atoms with Crippen LogP contribution in [0.3, 0.4) is 0 Å². The van der Waals surface area contributed by atoms with E-state index in [1.807, 2.05) is 11.8 Å². The molecule has 0 saturated carbocycles. The number of aliphatic imine (C=N–C) groups is 1. The molecule has 2 aliphatic rings. The van der Waals surface area contributed by atoms with Gasteiger partial charge in [0.1, 0.15) is 0 Å². The maximum Gasteiger partial charge on any atom is 0.156 e. The van der Waals surface area contributed by atoms with Crippen LogP contribution in [-0.4, -0.2) is 47.5 Å². The predicted molar refractivity (Wildman–Crippen MR) is 81.5 cm³/mol. The van der Waals surface area contributed by atoms with Crippen molar-refractivity contribution in [3.63, 3.8) is 0 Å². The number of hydrogen-bond donors (Lipinski definition) is 1. The standard InChI is InChI=1S/C14H27N3S/c1-3-14(2)7-12-18-13(16-14)15-8-6-11-17-9-4-5-10-17/h3-12H2,1-2H3,(H,15,16). The van der Waals surface area contributed by atoms with Crippen molar-refractivity contribution in [1.82, 2.24) is 10.2 Å². The molecule has 2 aliphatic heterocycles. The van der Waals surface area contributed by atoms with Crippen molar-refractivity contribution in [1.29, 1.82) is 0 Å². The Bertz CT molecular complexity index is 287. The first-order chi connectivity index (χ1) is 8.72. The maximum atomic E-state index is 4.73. The zero-order valence-corrected chi connectivity index (χ0v) is 12.7. The van der Waals surface area contributed by atoms with E-state index in [1.54, 1.807) is 0 Å². The fourth-order valence-electron chi connectivity index (χ4n) is 2.56. The molecule has 0 bridgehead atoms. The zero-order chi connectivity index (χ0) is 12.8. The number of nitrogens with zero attached hydrogens (tertiary/aromatic N) is 2. The molecule has 0 aliphatic carbocycles. The Labute approximate surface area is 116 Å². The SMILES string of the molecule is CCC1(C)CCSC(=NCCCN2CCCC2)N1. The van der Waals surface area contributed by atoms with Gasteiger partial charge in [0.05, 0.1) is 0 Å². The predicted octanol–water partition coefficient (Wildman–Crippen LogP) is 2.72. The minimum Gasteiger partial charge on any atom is -0.360 e. The average Bonchev–Trinajstić information content (AvgIpc) is 2.88. The first kappa shape index (κ1) is 14.2. The fourth-order valence-corrected chi connectivity index (χ4v) is 3.81. The molecule has 0 spiro atoms. The highest BCUT2D eigenvalue weighted by Gasteiger charge is 2.27. The number of thioether (sulfide) groups is 1. The van der Waals surface area contributed by atoms with E-state index in [9.17, 15) is 0 Å². The van der Waals surface area contributed by atoms with Crippen molar-refractivity contribution in [2.24, 2.45) is 4.99 Å². The largest absolute Gasteiger partial charge is 0.360 e. The molecule has 0 aromatic rings. The van der Waals surface area contributed by atoms with Gasteiger partial charge in [-0.3, -0.25) is 4.99 Å². The van der Waals surface area contributed by atoms with Gasteiger partial charge < -0.3 is 10.2 Å².